The largest absolute Gasteiger partial charge is 0.397 e. The first-order valence-electron chi connectivity index (χ1n) is 6.62. The zero-order valence-corrected chi connectivity index (χ0v) is 11.9. The number of hydrogen-bond donors (Lipinski definition) is 1. The van der Waals surface area contributed by atoms with Crippen LogP contribution in [0.25, 0.3) is 0 Å². The van der Waals surface area contributed by atoms with Crippen molar-refractivity contribution < 1.29 is 0 Å². The van der Waals surface area contributed by atoms with Gasteiger partial charge in [0.05, 0.1) is 10.7 Å². The molecular weight excluding hydrogens is 268 g/mol. The highest BCUT2D eigenvalue weighted by Gasteiger charge is 2.19. The van der Waals surface area contributed by atoms with Gasteiger partial charge >= 0.3 is 0 Å². The molecule has 2 heterocycles. The van der Waals surface area contributed by atoms with Crippen LogP contribution in [-0.4, -0.2) is 26.2 Å². The summed E-state index contributed by atoms with van der Waals surface area (Å²) in [6, 6.07) is 14.5. The molecule has 1 fully saturated rings. The van der Waals surface area contributed by atoms with Gasteiger partial charge < -0.3 is 15.5 Å². The maximum absolute atomic E-state index is 8.97. The number of para-hydroxylation sites is 1. The highest BCUT2D eigenvalue weighted by atomic mass is 32.1. The number of piperazine rings is 1. The minimum atomic E-state index is 0.595. The fraction of sp³-hybridized carbons (Fsp3) is 0.267. The quantitative estimate of drug-likeness (QED) is 0.920. The number of hydrogen-bond acceptors (Lipinski definition) is 5. The van der Waals surface area contributed by atoms with Crippen molar-refractivity contribution in [1.29, 1.82) is 5.26 Å². The number of anilines is 3. The highest BCUT2D eigenvalue weighted by molar-refractivity contribution is 7.17. The van der Waals surface area contributed by atoms with E-state index in [9.17, 15) is 0 Å². The number of nitrogens with two attached hydrogens (primary N) is 1. The molecule has 2 aromatic rings. The molecule has 1 aliphatic heterocycles. The fourth-order valence-electron chi connectivity index (χ4n) is 2.46. The van der Waals surface area contributed by atoms with Crippen LogP contribution in [-0.2, 0) is 0 Å². The molecule has 0 amide bonds. The van der Waals surface area contributed by atoms with Gasteiger partial charge in [0.1, 0.15) is 10.9 Å². The van der Waals surface area contributed by atoms with Gasteiger partial charge in [-0.1, -0.05) is 18.2 Å². The maximum atomic E-state index is 8.97. The standard InChI is InChI=1S/C15H16N4S/c16-11-14-13(17)10-15(20-14)19-8-6-18(7-9-19)12-4-2-1-3-5-12/h1-5,10H,6-9,17H2. The summed E-state index contributed by atoms with van der Waals surface area (Å²) in [5.74, 6) is 0. The van der Waals surface area contributed by atoms with Crippen LogP contribution in [0.4, 0.5) is 16.4 Å². The molecule has 2 N–H and O–H groups in total. The Bertz CT molecular complexity index is 621. The molecule has 1 saturated heterocycles. The molecule has 1 aromatic carbocycles. The average molecular weight is 284 g/mol. The first kappa shape index (κ1) is 12.8. The Morgan fingerprint density at radius 1 is 1.05 bits per heavy atom. The molecule has 1 aromatic heterocycles. The second kappa shape index (κ2) is 5.43. The van der Waals surface area contributed by atoms with Crippen LogP contribution in [0.3, 0.4) is 0 Å². The lowest BCUT2D eigenvalue weighted by atomic mass is 10.2. The maximum Gasteiger partial charge on any atom is 0.129 e. The van der Waals surface area contributed by atoms with Crippen molar-refractivity contribution in [3.05, 3.63) is 41.3 Å². The minimum absolute atomic E-state index is 0.595. The third-order valence-electron chi connectivity index (χ3n) is 3.56. The minimum Gasteiger partial charge on any atom is -0.397 e. The Kier molecular flexibility index (Phi) is 3.48. The lowest BCUT2D eigenvalue weighted by Gasteiger charge is -2.36. The molecule has 1 aliphatic rings. The van der Waals surface area contributed by atoms with Crippen molar-refractivity contribution in [1.82, 2.24) is 0 Å². The van der Waals surface area contributed by atoms with Gasteiger partial charge in [-0.3, -0.25) is 0 Å². The topological polar surface area (TPSA) is 56.3 Å². The summed E-state index contributed by atoms with van der Waals surface area (Å²) in [5, 5.41) is 10.1. The van der Waals surface area contributed by atoms with E-state index in [1.807, 2.05) is 12.1 Å². The fourth-order valence-corrected chi connectivity index (χ4v) is 3.39. The summed E-state index contributed by atoms with van der Waals surface area (Å²) in [6.07, 6.45) is 0. The van der Waals surface area contributed by atoms with Crippen LogP contribution in [0, 0.1) is 11.3 Å². The number of nitrogen functional groups attached to an aromatic ring is 1. The number of nitrogens with zero attached hydrogens (tertiary/aromatic N) is 3. The first-order chi connectivity index (χ1) is 9.78. The molecule has 0 saturated carbocycles. The molecule has 0 unspecified atom stereocenters. The van der Waals surface area contributed by atoms with Gasteiger partial charge in [0.25, 0.3) is 0 Å². The number of benzene rings is 1. The predicted octanol–water partition coefficient (Wildman–Crippen LogP) is 2.53. The van der Waals surface area contributed by atoms with Gasteiger partial charge in [0.2, 0.25) is 0 Å². The Balaban J connectivity index is 1.68. The summed E-state index contributed by atoms with van der Waals surface area (Å²) in [6.45, 7) is 3.90. The van der Waals surface area contributed by atoms with Crippen molar-refractivity contribution >= 4 is 27.7 Å². The van der Waals surface area contributed by atoms with E-state index in [1.165, 1.54) is 17.0 Å². The second-order valence-corrected chi connectivity index (χ2v) is 5.82. The van der Waals surface area contributed by atoms with E-state index in [4.69, 9.17) is 11.0 Å². The Morgan fingerprint density at radius 3 is 2.30 bits per heavy atom. The van der Waals surface area contributed by atoms with E-state index in [1.54, 1.807) is 0 Å². The van der Waals surface area contributed by atoms with E-state index >= 15 is 0 Å². The summed E-state index contributed by atoms with van der Waals surface area (Å²) in [4.78, 5) is 5.31. The van der Waals surface area contributed by atoms with E-state index in [0.717, 1.165) is 31.2 Å². The zero-order valence-electron chi connectivity index (χ0n) is 11.1. The van der Waals surface area contributed by atoms with Crippen molar-refractivity contribution in [2.45, 2.75) is 0 Å². The molecule has 0 aliphatic carbocycles. The van der Waals surface area contributed by atoms with E-state index in [-0.39, 0.29) is 0 Å². The Hall–Kier alpha value is -2.19. The molecule has 3 rings (SSSR count). The van der Waals surface area contributed by atoms with Crippen molar-refractivity contribution in [2.24, 2.45) is 0 Å². The van der Waals surface area contributed by atoms with Gasteiger partial charge in [0, 0.05) is 31.9 Å². The molecule has 20 heavy (non-hydrogen) atoms. The third kappa shape index (κ3) is 2.43. The second-order valence-electron chi connectivity index (χ2n) is 4.79. The summed E-state index contributed by atoms with van der Waals surface area (Å²) in [7, 11) is 0. The molecule has 102 valence electrons. The van der Waals surface area contributed by atoms with Crippen LogP contribution in [0.5, 0.6) is 0 Å². The van der Waals surface area contributed by atoms with Crippen molar-refractivity contribution in [2.75, 3.05) is 41.7 Å². The van der Waals surface area contributed by atoms with Gasteiger partial charge in [-0.15, -0.1) is 11.3 Å². The van der Waals surface area contributed by atoms with Crippen LogP contribution >= 0.6 is 11.3 Å². The lowest BCUT2D eigenvalue weighted by Crippen LogP contribution is -2.46. The Labute approximate surface area is 122 Å². The van der Waals surface area contributed by atoms with E-state index in [0.29, 0.717) is 10.6 Å². The van der Waals surface area contributed by atoms with Crippen molar-refractivity contribution in [3.8, 4) is 6.07 Å². The monoisotopic (exact) mass is 284 g/mol. The first-order valence-corrected chi connectivity index (χ1v) is 7.44. The molecule has 0 bridgehead atoms. The zero-order chi connectivity index (χ0) is 13.9. The van der Waals surface area contributed by atoms with Gasteiger partial charge in [0.15, 0.2) is 0 Å². The molecule has 0 spiro atoms. The third-order valence-corrected chi connectivity index (χ3v) is 4.68. The SMILES string of the molecule is N#Cc1sc(N2CCN(c3ccccc3)CC2)cc1N. The molecular formula is C15H16N4S. The number of thiophene rings is 1. The predicted molar refractivity (Wildman–Crippen MR) is 84.3 cm³/mol. The highest BCUT2D eigenvalue weighted by Crippen LogP contribution is 2.32. The van der Waals surface area contributed by atoms with Gasteiger partial charge in [-0.05, 0) is 18.2 Å². The number of nitriles is 1. The molecule has 5 heteroatoms. The van der Waals surface area contributed by atoms with Crippen LogP contribution in [0.2, 0.25) is 0 Å². The molecule has 0 radical (unpaired) electrons. The molecule has 4 nitrogen and oxygen atoms in total. The summed E-state index contributed by atoms with van der Waals surface area (Å²) >= 11 is 1.48. The number of rotatable bonds is 2. The average Bonchev–Trinajstić information content (AvgIpc) is 2.89. The Morgan fingerprint density at radius 2 is 1.70 bits per heavy atom. The normalized spacial score (nSPS) is 15.2. The molecule has 0 atom stereocenters. The van der Waals surface area contributed by atoms with Crippen LogP contribution in [0.1, 0.15) is 4.88 Å². The smallest absolute Gasteiger partial charge is 0.129 e. The lowest BCUT2D eigenvalue weighted by molar-refractivity contribution is 0.657. The van der Waals surface area contributed by atoms with Crippen LogP contribution in [0.15, 0.2) is 36.4 Å². The van der Waals surface area contributed by atoms with Gasteiger partial charge in [-0.2, -0.15) is 5.26 Å². The van der Waals surface area contributed by atoms with E-state index < -0.39 is 0 Å². The van der Waals surface area contributed by atoms with Crippen LogP contribution < -0.4 is 15.5 Å². The summed E-state index contributed by atoms with van der Waals surface area (Å²) in [5.41, 5.74) is 7.70. The van der Waals surface area contributed by atoms with E-state index in [2.05, 4.69) is 40.1 Å². The summed E-state index contributed by atoms with van der Waals surface area (Å²) < 4.78 is 0. The van der Waals surface area contributed by atoms with Gasteiger partial charge in [-0.25, -0.2) is 0 Å². The van der Waals surface area contributed by atoms with Crippen molar-refractivity contribution in [3.63, 3.8) is 0 Å².